The van der Waals surface area contributed by atoms with Gasteiger partial charge in [-0.3, -0.25) is 4.79 Å². The number of rotatable bonds is 4. The summed E-state index contributed by atoms with van der Waals surface area (Å²) in [5.74, 6) is 0.613. The van der Waals surface area contributed by atoms with Crippen LogP contribution in [0.25, 0.3) is 10.9 Å². The number of carbonyl (C=O) groups is 1. The summed E-state index contributed by atoms with van der Waals surface area (Å²) < 4.78 is 0. The van der Waals surface area contributed by atoms with Gasteiger partial charge in [-0.2, -0.15) is 0 Å². The molecule has 6 heteroatoms. The summed E-state index contributed by atoms with van der Waals surface area (Å²) in [6.07, 6.45) is 2.76. The number of aryl methyl sites for hydroxylation is 1. The zero-order valence-corrected chi connectivity index (χ0v) is 16.4. The van der Waals surface area contributed by atoms with Crippen molar-refractivity contribution < 1.29 is 4.79 Å². The van der Waals surface area contributed by atoms with E-state index in [4.69, 9.17) is 4.98 Å². The van der Waals surface area contributed by atoms with Gasteiger partial charge in [-0.1, -0.05) is 31.2 Å². The second kappa shape index (κ2) is 7.94. The van der Waals surface area contributed by atoms with Crippen molar-refractivity contribution in [3.63, 3.8) is 0 Å². The number of anilines is 2. The Balaban J connectivity index is 1.55. The van der Waals surface area contributed by atoms with Gasteiger partial charge in [-0.25, -0.2) is 9.97 Å². The van der Waals surface area contributed by atoms with E-state index in [0.29, 0.717) is 11.5 Å². The summed E-state index contributed by atoms with van der Waals surface area (Å²) in [5, 5.41) is 4.28. The highest BCUT2D eigenvalue weighted by Crippen LogP contribution is 2.21. The molecule has 0 aliphatic carbocycles. The lowest BCUT2D eigenvalue weighted by atomic mass is 10.1. The van der Waals surface area contributed by atoms with E-state index in [-0.39, 0.29) is 5.91 Å². The van der Waals surface area contributed by atoms with Crippen LogP contribution in [0.3, 0.4) is 0 Å². The number of aromatic nitrogens is 2. The van der Waals surface area contributed by atoms with E-state index in [1.54, 1.807) is 0 Å². The molecule has 1 aliphatic heterocycles. The number of benzene rings is 2. The fourth-order valence-corrected chi connectivity index (χ4v) is 3.51. The molecule has 0 atom stereocenters. The summed E-state index contributed by atoms with van der Waals surface area (Å²) in [7, 11) is 2.08. The van der Waals surface area contributed by atoms with E-state index >= 15 is 0 Å². The minimum Gasteiger partial charge on any atom is -0.336 e. The summed E-state index contributed by atoms with van der Waals surface area (Å²) >= 11 is 0. The fourth-order valence-electron chi connectivity index (χ4n) is 3.51. The van der Waals surface area contributed by atoms with Gasteiger partial charge in [0.25, 0.3) is 5.91 Å². The van der Waals surface area contributed by atoms with E-state index in [1.165, 1.54) is 5.56 Å². The van der Waals surface area contributed by atoms with Gasteiger partial charge in [0.05, 0.1) is 5.52 Å². The molecule has 0 spiro atoms. The second-order valence-electron chi connectivity index (χ2n) is 7.20. The molecule has 6 nitrogen and oxygen atoms in total. The average Bonchev–Trinajstić information content (AvgIpc) is 2.73. The van der Waals surface area contributed by atoms with Crippen molar-refractivity contribution in [3.05, 3.63) is 59.8 Å². The Hall–Kier alpha value is -2.99. The Morgan fingerprint density at radius 3 is 2.68 bits per heavy atom. The minimum atomic E-state index is 0.0736. The third-order valence-electron chi connectivity index (χ3n) is 5.23. The van der Waals surface area contributed by atoms with Crippen molar-refractivity contribution in [2.24, 2.45) is 0 Å². The van der Waals surface area contributed by atoms with Gasteiger partial charge in [-0.05, 0) is 37.2 Å². The molecular formula is C22H25N5O. The summed E-state index contributed by atoms with van der Waals surface area (Å²) in [6, 6.07) is 13.7. The average molecular weight is 375 g/mol. The van der Waals surface area contributed by atoms with Crippen LogP contribution >= 0.6 is 0 Å². The lowest BCUT2D eigenvalue weighted by Gasteiger charge is -2.32. The zero-order chi connectivity index (χ0) is 19.5. The van der Waals surface area contributed by atoms with Gasteiger partial charge in [0, 0.05) is 49.0 Å². The Kier molecular flexibility index (Phi) is 5.21. The van der Waals surface area contributed by atoms with Gasteiger partial charge in [0.15, 0.2) is 0 Å². The molecule has 3 aromatic rings. The number of likely N-dealkylation sites (N-methyl/N-ethyl adjacent to an activating group) is 1. The minimum absolute atomic E-state index is 0.0736. The first-order chi connectivity index (χ1) is 13.6. The Morgan fingerprint density at radius 2 is 1.89 bits per heavy atom. The Labute approximate surface area is 165 Å². The number of hydrogen-bond donors (Lipinski definition) is 1. The Bertz CT molecular complexity index is 995. The topological polar surface area (TPSA) is 61.4 Å². The first kappa shape index (κ1) is 18.4. The largest absolute Gasteiger partial charge is 0.336 e. The molecule has 1 fully saturated rings. The molecule has 0 saturated carbocycles. The van der Waals surface area contributed by atoms with Crippen molar-refractivity contribution in [1.29, 1.82) is 0 Å². The molecule has 2 aromatic carbocycles. The van der Waals surface area contributed by atoms with E-state index in [2.05, 4.69) is 35.2 Å². The van der Waals surface area contributed by atoms with Crippen molar-refractivity contribution in [2.75, 3.05) is 38.5 Å². The van der Waals surface area contributed by atoms with E-state index in [9.17, 15) is 4.79 Å². The van der Waals surface area contributed by atoms with Crippen molar-refractivity contribution in [3.8, 4) is 0 Å². The summed E-state index contributed by atoms with van der Waals surface area (Å²) in [5.41, 5.74) is 3.66. The number of hydrogen-bond acceptors (Lipinski definition) is 5. The molecule has 1 saturated heterocycles. The van der Waals surface area contributed by atoms with Crippen LogP contribution in [0.4, 0.5) is 11.6 Å². The van der Waals surface area contributed by atoms with Crippen LogP contribution in [-0.4, -0.2) is 58.9 Å². The molecule has 144 valence electrons. The predicted octanol–water partition coefficient (Wildman–Crippen LogP) is 3.32. The van der Waals surface area contributed by atoms with Crippen LogP contribution in [0.15, 0.2) is 48.7 Å². The lowest BCUT2D eigenvalue weighted by Crippen LogP contribution is -2.47. The molecule has 4 rings (SSSR count). The standard InChI is InChI=1S/C22H25N5O/c1-3-16-6-4-8-18-15-23-22(25-20(16)18)24-19-9-5-7-17(14-19)21(28)27-12-10-26(2)11-13-27/h4-9,14-15H,3,10-13H2,1-2H3,(H,23,24,25). The SMILES string of the molecule is CCc1cccc2cnc(Nc3cccc(C(=O)N4CCN(C)CC4)c3)nc12. The van der Waals surface area contributed by atoms with Gasteiger partial charge in [0.1, 0.15) is 0 Å². The summed E-state index contributed by atoms with van der Waals surface area (Å²) in [6.45, 7) is 5.47. The molecule has 1 amide bonds. The van der Waals surface area contributed by atoms with Crippen LogP contribution in [-0.2, 0) is 6.42 Å². The van der Waals surface area contributed by atoms with Crippen LogP contribution in [0, 0.1) is 0 Å². The molecule has 0 radical (unpaired) electrons. The quantitative estimate of drug-likeness (QED) is 0.758. The number of nitrogens with zero attached hydrogens (tertiary/aromatic N) is 4. The third kappa shape index (κ3) is 3.82. The number of nitrogens with one attached hydrogen (secondary N) is 1. The normalized spacial score (nSPS) is 15.0. The van der Waals surface area contributed by atoms with Gasteiger partial charge < -0.3 is 15.1 Å². The van der Waals surface area contributed by atoms with E-state index < -0.39 is 0 Å². The van der Waals surface area contributed by atoms with Crippen molar-refractivity contribution in [2.45, 2.75) is 13.3 Å². The lowest BCUT2D eigenvalue weighted by molar-refractivity contribution is 0.0664. The van der Waals surface area contributed by atoms with Crippen LogP contribution in [0.2, 0.25) is 0 Å². The maximum Gasteiger partial charge on any atom is 0.254 e. The maximum atomic E-state index is 12.8. The number of piperazine rings is 1. The smallest absolute Gasteiger partial charge is 0.254 e. The maximum absolute atomic E-state index is 12.8. The third-order valence-corrected chi connectivity index (χ3v) is 5.23. The summed E-state index contributed by atoms with van der Waals surface area (Å²) in [4.78, 5) is 26.1. The molecule has 1 aromatic heterocycles. The molecule has 1 N–H and O–H groups in total. The fraction of sp³-hybridized carbons (Fsp3) is 0.318. The molecule has 0 unspecified atom stereocenters. The van der Waals surface area contributed by atoms with E-state index in [1.807, 2.05) is 47.5 Å². The highest BCUT2D eigenvalue weighted by molar-refractivity contribution is 5.95. The van der Waals surface area contributed by atoms with Gasteiger partial charge >= 0.3 is 0 Å². The van der Waals surface area contributed by atoms with Crippen molar-refractivity contribution >= 4 is 28.4 Å². The molecule has 0 bridgehead atoms. The number of para-hydroxylation sites is 1. The second-order valence-corrected chi connectivity index (χ2v) is 7.20. The van der Waals surface area contributed by atoms with Crippen LogP contribution in [0.5, 0.6) is 0 Å². The first-order valence-electron chi connectivity index (χ1n) is 9.73. The van der Waals surface area contributed by atoms with Gasteiger partial charge in [-0.15, -0.1) is 0 Å². The highest BCUT2D eigenvalue weighted by Gasteiger charge is 2.20. The Morgan fingerprint density at radius 1 is 1.11 bits per heavy atom. The number of amides is 1. The molecule has 2 heterocycles. The highest BCUT2D eigenvalue weighted by atomic mass is 16.2. The zero-order valence-electron chi connectivity index (χ0n) is 16.4. The molecule has 28 heavy (non-hydrogen) atoms. The number of carbonyl (C=O) groups excluding carboxylic acids is 1. The molecular weight excluding hydrogens is 350 g/mol. The van der Waals surface area contributed by atoms with Crippen LogP contribution < -0.4 is 5.32 Å². The van der Waals surface area contributed by atoms with Gasteiger partial charge in [0.2, 0.25) is 5.95 Å². The van der Waals surface area contributed by atoms with E-state index in [0.717, 1.165) is 49.2 Å². The van der Waals surface area contributed by atoms with Crippen LogP contribution in [0.1, 0.15) is 22.8 Å². The monoisotopic (exact) mass is 375 g/mol. The molecule has 1 aliphatic rings. The number of fused-ring (bicyclic) bond motifs is 1. The first-order valence-corrected chi connectivity index (χ1v) is 9.73. The van der Waals surface area contributed by atoms with Crippen molar-refractivity contribution in [1.82, 2.24) is 19.8 Å². The predicted molar refractivity (Wildman–Crippen MR) is 112 cm³/mol.